The number of ketones is 1. The zero-order chi connectivity index (χ0) is 14.9. The Bertz CT molecular complexity index is 639. The molecular weight excluding hydrogens is 253 g/mol. The van der Waals surface area contributed by atoms with Crippen molar-refractivity contribution in [2.75, 3.05) is 5.73 Å². The second kappa shape index (κ2) is 5.08. The molecule has 0 bridgehead atoms. The smallest absolute Gasteiger partial charge is 0.193 e. The minimum atomic E-state index is -0.567. The molecule has 0 aliphatic rings. The first kappa shape index (κ1) is 14.3. The van der Waals surface area contributed by atoms with E-state index >= 15 is 0 Å². The van der Waals surface area contributed by atoms with Crippen LogP contribution >= 0.6 is 0 Å². The zero-order valence-corrected chi connectivity index (χ0v) is 11.9. The van der Waals surface area contributed by atoms with Crippen LogP contribution in [0.2, 0.25) is 0 Å². The van der Waals surface area contributed by atoms with E-state index < -0.39 is 5.82 Å². The summed E-state index contributed by atoms with van der Waals surface area (Å²) in [6, 6.07) is 11.5. The summed E-state index contributed by atoms with van der Waals surface area (Å²) in [7, 11) is 0. The van der Waals surface area contributed by atoms with Crippen molar-refractivity contribution in [3.63, 3.8) is 0 Å². The van der Waals surface area contributed by atoms with Gasteiger partial charge in [0.25, 0.3) is 0 Å². The van der Waals surface area contributed by atoms with Crippen LogP contribution in [0.3, 0.4) is 0 Å². The molecule has 0 aliphatic heterocycles. The third-order valence-corrected chi connectivity index (χ3v) is 3.28. The Kier molecular flexibility index (Phi) is 3.62. The Balaban J connectivity index is 2.31. The summed E-state index contributed by atoms with van der Waals surface area (Å²) in [5, 5.41) is 0. The molecule has 0 amide bonds. The summed E-state index contributed by atoms with van der Waals surface area (Å²) in [5.41, 5.74) is 7.49. The summed E-state index contributed by atoms with van der Waals surface area (Å²) >= 11 is 0. The number of carbonyl (C=O) groups excluding carboxylic acids is 1. The molecule has 0 saturated heterocycles. The van der Waals surface area contributed by atoms with E-state index in [1.165, 1.54) is 12.1 Å². The Hall–Kier alpha value is -2.16. The molecule has 104 valence electrons. The fraction of sp³-hybridized carbons (Fsp3) is 0.235. The van der Waals surface area contributed by atoms with Gasteiger partial charge in [-0.25, -0.2) is 4.39 Å². The molecule has 0 saturated carbocycles. The lowest BCUT2D eigenvalue weighted by molar-refractivity contribution is 0.103. The normalized spacial score (nSPS) is 11.4. The average molecular weight is 271 g/mol. The van der Waals surface area contributed by atoms with Crippen molar-refractivity contribution in [3.8, 4) is 0 Å². The van der Waals surface area contributed by atoms with Crippen molar-refractivity contribution in [1.82, 2.24) is 0 Å². The molecule has 0 heterocycles. The van der Waals surface area contributed by atoms with Crippen LogP contribution in [0.15, 0.2) is 42.5 Å². The van der Waals surface area contributed by atoms with Gasteiger partial charge < -0.3 is 5.73 Å². The molecule has 20 heavy (non-hydrogen) atoms. The lowest BCUT2D eigenvalue weighted by Gasteiger charge is -2.19. The standard InChI is InChI=1S/C17H18FNO/c1-17(2,3)13-7-4-11(5-8-13)16(20)12-6-9-15(19)14(18)10-12/h4-10H,19H2,1-3H3. The fourth-order valence-electron chi connectivity index (χ4n) is 1.96. The number of carbonyl (C=O) groups is 1. The highest BCUT2D eigenvalue weighted by molar-refractivity contribution is 6.09. The Morgan fingerprint density at radius 2 is 1.55 bits per heavy atom. The molecule has 0 spiro atoms. The van der Waals surface area contributed by atoms with Crippen LogP contribution in [0, 0.1) is 5.82 Å². The van der Waals surface area contributed by atoms with Gasteiger partial charge in [0.1, 0.15) is 5.82 Å². The van der Waals surface area contributed by atoms with Gasteiger partial charge in [0, 0.05) is 11.1 Å². The van der Waals surface area contributed by atoms with Gasteiger partial charge in [0.2, 0.25) is 0 Å². The van der Waals surface area contributed by atoms with E-state index in [9.17, 15) is 9.18 Å². The molecule has 0 aromatic heterocycles. The molecule has 2 aromatic rings. The van der Waals surface area contributed by atoms with Gasteiger partial charge >= 0.3 is 0 Å². The lowest BCUT2D eigenvalue weighted by Crippen LogP contribution is -2.11. The van der Waals surface area contributed by atoms with E-state index in [-0.39, 0.29) is 16.9 Å². The van der Waals surface area contributed by atoms with Crippen LogP contribution in [0.5, 0.6) is 0 Å². The fourth-order valence-corrected chi connectivity index (χ4v) is 1.96. The van der Waals surface area contributed by atoms with Crippen LogP contribution < -0.4 is 5.73 Å². The Labute approximate surface area is 118 Å². The van der Waals surface area contributed by atoms with E-state index in [2.05, 4.69) is 20.8 Å². The minimum absolute atomic E-state index is 0.0366. The van der Waals surface area contributed by atoms with Gasteiger partial charge in [-0.3, -0.25) is 4.79 Å². The molecule has 0 radical (unpaired) electrons. The van der Waals surface area contributed by atoms with Crippen LogP contribution in [-0.4, -0.2) is 5.78 Å². The highest BCUT2D eigenvalue weighted by Gasteiger charge is 2.15. The molecule has 3 heteroatoms. The number of rotatable bonds is 2. The van der Waals surface area contributed by atoms with Crippen molar-refractivity contribution in [3.05, 3.63) is 65.0 Å². The number of halogens is 1. The third kappa shape index (κ3) is 2.87. The van der Waals surface area contributed by atoms with Crippen LogP contribution in [0.4, 0.5) is 10.1 Å². The topological polar surface area (TPSA) is 43.1 Å². The number of benzene rings is 2. The third-order valence-electron chi connectivity index (χ3n) is 3.28. The number of hydrogen-bond acceptors (Lipinski definition) is 2. The quantitative estimate of drug-likeness (QED) is 0.664. The molecule has 2 N–H and O–H groups in total. The molecule has 0 fully saturated rings. The zero-order valence-electron chi connectivity index (χ0n) is 11.9. The Morgan fingerprint density at radius 1 is 1.00 bits per heavy atom. The number of hydrogen-bond donors (Lipinski definition) is 1. The van der Waals surface area contributed by atoms with Gasteiger partial charge in [0.05, 0.1) is 5.69 Å². The number of nitrogens with two attached hydrogens (primary N) is 1. The van der Waals surface area contributed by atoms with Gasteiger partial charge in [-0.2, -0.15) is 0 Å². The first-order valence-electron chi connectivity index (χ1n) is 6.49. The highest BCUT2D eigenvalue weighted by atomic mass is 19.1. The molecule has 2 rings (SSSR count). The predicted molar refractivity (Wildman–Crippen MR) is 79.4 cm³/mol. The van der Waals surface area contributed by atoms with Crippen LogP contribution in [-0.2, 0) is 5.41 Å². The Morgan fingerprint density at radius 3 is 2.05 bits per heavy atom. The number of anilines is 1. The molecule has 0 aliphatic carbocycles. The monoisotopic (exact) mass is 271 g/mol. The maximum Gasteiger partial charge on any atom is 0.193 e. The van der Waals surface area contributed by atoms with Crippen molar-refractivity contribution >= 4 is 11.5 Å². The number of nitrogen functional groups attached to an aromatic ring is 1. The molecule has 2 nitrogen and oxygen atoms in total. The summed E-state index contributed by atoms with van der Waals surface area (Å²) in [6.07, 6.45) is 0. The predicted octanol–water partition coefficient (Wildman–Crippen LogP) is 3.94. The van der Waals surface area contributed by atoms with Crippen molar-refractivity contribution < 1.29 is 9.18 Å². The molecule has 0 atom stereocenters. The molecule has 0 unspecified atom stereocenters. The average Bonchev–Trinajstić information content (AvgIpc) is 2.40. The second-order valence-electron chi connectivity index (χ2n) is 5.89. The summed E-state index contributed by atoms with van der Waals surface area (Å²) in [5.74, 6) is -0.772. The van der Waals surface area contributed by atoms with Crippen molar-refractivity contribution in [2.45, 2.75) is 26.2 Å². The first-order chi connectivity index (χ1) is 9.29. The van der Waals surface area contributed by atoms with E-state index in [1.54, 1.807) is 18.2 Å². The lowest BCUT2D eigenvalue weighted by atomic mass is 9.86. The first-order valence-corrected chi connectivity index (χ1v) is 6.49. The highest BCUT2D eigenvalue weighted by Crippen LogP contribution is 2.23. The maximum atomic E-state index is 13.4. The van der Waals surface area contributed by atoms with Crippen LogP contribution in [0.25, 0.3) is 0 Å². The maximum absolute atomic E-state index is 13.4. The van der Waals surface area contributed by atoms with E-state index in [0.717, 1.165) is 5.56 Å². The molecule has 2 aromatic carbocycles. The summed E-state index contributed by atoms with van der Waals surface area (Å²) < 4.78 is 13.4. The minimum Gasteiger partial charge on any atom is -0.396 e. The largest absolute Gasteiger partial charge is 0.396 e. The van der Waals surface area contributed by atoms with Crippen molar-refractivity contribution in [2.24, 2.45) is 0 Å². The van der Waals surface area contributed by atoms with E-state index in [0.29, 0.717) is 11.1 Å². The SMILES string of the molecule is CC(C)(C)c1ccc(C(=O)c2ccc(N)c(F)c2)cc1. The summed E-state index contributed by atoms with van der Waals surface area (Å²) in [6.45, 7) is 6.33. The van der Waals surface area contributed by atoms with E-state index in [4.69, 9.17) is 5.73 Å². The second-order valence-corrected chi connectivity index (χ2v) is 5.89. The van der Waals surface area contributed by atoms with Gasteiger partial charge in [-0.15, -0.1) is 0 Å². The van der Waals surface area contributed by atoms with Gasteiger partial charge in [-0.1, -0.05) is 45.0 Å². The van der Waals surface area contributed by atoms with E-state index in [1.807, 2.05) is 12.1 Å². The molecular formula is C17H18FNO. The van der Waals surface area contributed by atoms with Crippen LogP contribution in [0.1, 0.15) is 42.3 Å². The van der Waals surface area contributed by atoms with Gasteiger partial charge in [0.15, 0.2) is 5.78 Å². The summed E-state index contributed by atoms with van der Waals surface area (Å²) in [4.78, 5) is 12.3. The van der Waals surface area contributed by atoms with Crippen molar-refractivity contribution in [1.29, 1.82) is 0 Å². The van der Waals surface area contributed by atoms with Gasteiger partial charge in [-0.05, 0) is 29.2 Å².